The Bertz CT molecular complexity index is 3240. The predicted octanol–water partition coefficient (Wildman–Crippen LogP) is 15.2. The Kier molecular flexibility index (Phi) is 8.07. The topological polar surface area (TPSA) is 45.7 Å². The summed E-state index contributed by atoms with van der Waals surface area (Å²) in [4.78, 5) is 9.92. The molecule has 5 heteroatoms. The van der Waals surface area contributed by atoms with Crippen molar-refractivity contribution in [3.05, 3.63) is 212 Å². The fourth-order valence-electron chi connectivity index (χ4n) is 8.14. The van der Waals surface area contributed by atoms with Crippen LogP contribution in [0.4, 0.5) is 34.1 Å². The molecule has 0 radical (unpaired) electrons. The van der Waals surface area contributed by atoms with Gasteiger partial charge in [0.25, 0.3) is 0 Å². The maximum atomic E-state index is 6.80. The number of rotatable bonds is 8. The highest BCUT2D eigenvalue weighted by Crippen LogP contribution is 2.47. The summed E-state index contributed by atoms with van der Waals surface area (Å²) in [7, 11) is 0. The van der Waals surface area contributed by atoms with Gasteiger partial charge < -0.3 is 18.6 Å². The van der Waals surface area contributed by atoms with Gasteiger partial charge in [-0.15, -0.1) is 0 Å². The van der Waals surface area contributed by atoms with Gasteiger partial charge in [0.05, 0.1) is 17.1 Å². The Balaban J connectivity index is 1.22. The Labute approximate surface area is 335 Å². The van der Waals surface area contributed by atoms with Crippen LogP contribution in [0.2, 0.25) is 0 Å². The maximum Gasteiger partial charge on any atom is 0.227 e. The Morgan fingerprint density at radius 3 is 1.76 bits per heavy atom. The first kappa shape index (κ1) is 33.4. The molecule has 0 saturated heterocycles. The number of anilines is 6. The number of oxazole rings is 1. The normalized spacial score (nSPS) is 11.4. The highest BCUT2D eigenvalue weighted by molar-refractivity contribution is 6.08. The zero-order chi connectivity index (χ0) is 38.4. The molecule has 0 bridgehead atoms. The molecule has 0 aliphatic carbocycles. The van der Waals surface area contributed by atoms with Crippen molar-refractivity contribution in [1.29, 1.82) is 0 Å². The Hall–Kier alpha value is -7.89. The van der Waals surface area contributed by atoms with Gasteiger partial charge in [-0.05, 0) is 89.3 Å². The lowest BCUT2D eigenvalue weighted by Crippen LogP contribution is -2.14. The summed E-state index contributed by atoms with van der Waals surface area (Å²) in [6.07, 6.45) is 0. The van der Waals surface area contributed by atoms with E-state index in [4.69, 9.17) is 13.8 Å². The summed E-state index contributed by atoms with van der Waals surface area (Å²) in [5, 5.41) is 4.41. The van der Waals surface area contributed by atoms with E-state index in [0.29, 0.717) is 11.5 Å². The van der Waals surface area contributed by atoms with Crippen LogP contribution in [0.1, 0.15) is 0 Å². The van der Waals surface area contributed by atoms with E-state index < -0.39 is 0 Å². The average Bonchev–Trinajstić information content (AvgIpc) is 3.90. The number of fused-ring (bicyclic) bond motifs is 5. The third-order valence-electron chi connectivity index (χ3n) is 10.8. The molecule has 58 heavy (non-hydrogen) atoms. The molecule has 0 spiro atoms. The van der Waals surface area contributed by atoms with E-state index in [9.17, 15) is 0 Å². The molecule has 0 amide bonds. The zero-order valence-corrected chi connectivity index (χ0v) is 31.4. The molecule has 0 unspecified atom stereocenters. The van der Waals surface area contributed by atoms with Gasteiger partial charge in [-0.1, -0.05) is 133 Å². The van der Waals surface area contributed by atoms with Crippen LogP contribution in [0.3, 0.4) is 0 Å². The van der Waals surface area contributed by atoms with Crippen molar-refractivity contribution in [1.82, 2.24) is 4.98 Å². The van der Waals surface area contributed by atoms with Crippen molar-refractivity contribution in [2.24, 2.45) is 0 Å². The minimum Gasteiger partial charge on any atom is -0.456 e. The smallest absolute Gasteiger partial charge is 0.227 e. The first-order valence-electron chi connectivity index (χ1n) is 19.5. The van der Waals surface area contributed by atoms with Crippen molar-refractivity contribution < 1.29 is 8.83 Å². The third-order valence-corrected chi connectivity index (χ3v) is 10.8. The van der Waals surface area contributed by atoms with Crippen molar-refractivity contribution in [2.75, 3.05) is 9.80 Å². The standard InChI is InChI=1S/C53H35N3O2/c1-4-16-36(17-5-1)39-22-14-25-41(32-39)56(42-30-31-50-46(33-42)45-27-12-13-29-49(45)57-50)48-34-43(35-51-52(48)54-53(58-51)38-19-6-2-7-20-38)55(40-23-8-3-9-24-40)47-28-15-21-37-18-10-11-26-44(37)47/h1-35H. The van der Waals surface area contributed by atoms with Gasteiger partial charge in [0.1, 0.15) is 16.7 Å². The second kappa shape index (κ2) is 14.0. The van der Waals surface area contributed by atoms with Crippen molar-refractivity contribution in [3.63, 3.8) is 0 Å². The second-order valence-corrected chi connectivity index (χ2v) is 14.4. The molecule has 11 rings (SSSR count). The quantitative estimate of drug-likeness (QED) is 0.155. The van der Waals surface area contributed by atoms with Crippen LogP contribution in [-0.4, -0.2) is 4.98 Å². The average molecular weight is 746 g/mol. The monoisotopic (exact) mass is 745 g/mol. The van der Waals surface area contributed by atoms with Crippen molar-refractivity contribution >= 4 is 77.9 Å². The molecule has 0 N–H and O–H groups in total. The van der Waals surface area contributed by atoms with Gasteiger partial charge in [0, 0.05) is 44.9 Å². The zero-order valence-electron chi connectivity index (χ0n) is 31.4. The molecule has 0 aliphatic rings. The summed E-state index contributed by atoms with van der Waals surface area (Å²) in [5.41, 5.74) is 12.1. The van der Waals surface area contributed by atoms with E-state index in [1.165, 1.54) is 0 Å². The molecule has 0 atom stereocenters. The van der Waals surface area contributed by atoms with Crippen LogP contribution in [0.15, 0.2) is 221 Å². The van der Waals surface area contributed by atoms with Crippen molar-refractivity contribution in [3.8, 4) is 22.6 Å². The van der Waals surface area contributed by atoms with E-state index >= 15 is 0 Å². The van der Waals surface area contributed by atoms with E-state index in [2.05, 4.69) is 180 Å². The SMILES string of the molecule is c1ccc(-c2cccc(N(c3ccc4oc5ccccc5c4c3)c3cc(N(c4ccccc4)c4cccc5ccccc45)cc4oc(-c5ccccc5)nc34)c2)cc1. The van der Waals surface area contributed by atoms with Crippen LogP contribution in [0.25, 0.3) is 66.4 Å². The largest absolute Gasteiger partial charge is 0.456 e. The lowest BCUT2D eigenvalue weighted by Gasteiger charge is -2.30. The maximum absolute atomic E-state index is 6.80. The summed E-state index contributed by atoms with van der Waals surface area (Å²) < 4.78 is 13.1. The molecule has 0 saturated carbocycles. The summed E-state index contributed by atoms with van der Waals surface area (Å²) in [6.45, 7) is 0. The highest BCUT2D eigenvalue weighted by Gasteiger charge is 2.25. The molecule has 0 fully saturated rings. The molecular weight excluding hydrogens is 711 g/mol. The lowest BCUT2D eigenvalue weighted by atomic mass is 10.0. The summed E-state index contributed by atoms with van der Waals surface area (Å²) in [6, 6.07) is 73.9. The number of hydrogen-bond acceptors (Lipinski definition) is 5. The van der Waals surface area contributed by atoms with E-state index in [1.807, 2.05) is 42.5 Å². The predicted molar refractivity (Wildman–Crippen MR) is 239 cm³/mol. The van der Waals surface area contributed by atoms with E-state index in [0.717, 1.165) is 89.0 Å². The van der Waals surface area contributed by atoms with E-state index in [-0.39, 0.29) is 0 Å². The second-order valence-electron chi connectivity index (χ2n) is 14.4. The molecule has 274 valence electrons. The molecule has 0 aliphatic heterocycles. The lowest BCUT2D eigenvalue weighted by molar-refractivity contribution is 0.620. The first-order chi connectivity index (χ1) is 28.7. The Morgan fingerprint density at radius 1 is 0.328 bits per heavy atom. The molecular formula is C53H35N3O2. The third kappa shape index (κ3) is 5.85. The number of aromatic nitrogens is 1. The minimum atomic E-state index is 0.555. The highest BCUT2D eigenvalue weighted by atomic mass is 16.3. The first-order valence-corrected chi connectivity index (χ1v) is 19.5. The molecule has 2 heterocycles. The van der Waals surface area contributed by atoms with Crippen molar-refractivity contribution in [2.45, 2.75) is 0 Å². The molecule has 11 aromatic rings. The van der Waals surface area contributed by atoms with Gasteiger partial charge in [0.2, 0.25) is 5.89 Å². The fourth-order valence-corrected chi connectivity index (χ4v) is 8.14. The summed E-state index contributed by atoms with van der Waals surface area (Å²) in [5.74, 6) is 0.555. The molecule has 2 aromatic heterocycles. The van der Waals surface area contributed by atoms with Crippen LogP contribution >= 0.6 is 0 Å². The van der Waals surface area contributed by atoms with E-state index in [1.54, 1.807) is 0 Å². The molecule has 5 nitrogen and oxygen atoms in total. The summed E-state index contributed by atoms with van der Waals surface area (Å²) >= 11 is 0. The van der Waals surface area contributed by atoms with Crippen LogP contribution < -0.4 is 9.80 Å². The molecule has 9 aromatic carbocycles. The van der Waals surface area contributed by atoms with Gasteiger partial charge in [-0.3, -0.25) is 0 Å². The number of nitrogens with zero attached hydrogens (tertiary/aromatic N) is 3. The van der Waals surface area contributed by atoms with Gasteiger partial charge in [-0.25, -0.2) is 4.98 Å². The fraction of sp³-hybridized carbons (Fsp3) is 0. The van der Waals surface area contributed by atoms with Gasteiger partial charge in [-0.2, -0.15) is 0 Å². The minimum absolute atomic E-state index is 0.555. The van der Waals surface area contributed by atoms with Crippen LogP contribution in [0.5, 0.6) is 0 Å². The number of hydrogen-bond donors (Lipinski definition) is 0. The van der Waals surface area contributed by atoms with Crippen LogP contribution in [0, 0.1) is 0 Å². The van der Waals surface area contributed by atoms with Gasteiger partial charge in [0.15, 0.2) is 5.58 Å². The van der Waals surface area contributed by atoms with Gasteiger partial charge >= 0.3 is 0 Å². The Morgan fingerprint density at radius 2 is 0.931 bits per heavy atom. The number of furan rings is 1. The van der Waals surface area contributed by atoms with Crippen LogP contribution in [-0.2, 0) is 0 Å². The number of benzene rings is 9. The number of para-hydroxylation sites is 2.